The fourth-order valence-corrected chi connectivity index (χ4v) is 3.90. The molecule has 1 atom stereocenters. The molecule has 9 nitrogen and oxygen atoms in total. The number of nitrogens with one attached hydrogen (secondary N) is 1. The minimum atomic E-state index is -0.917. The second-order valence-corrected chi connectivity index (χ2v) is 6.95. The first-order valence-corrected chi connectivity index (χ1v) is 9.61. The van der Waals surface area contributed by atoms with E-state index < -0.39 is 17.9 Å². The van der Waals surface area contributed by atoms with Crippen LogP contribution < -0.4 is 10.6 Å². The van der Waals surface area contributed by atoms with Crippen molar-refractivity contribution in [1.82, 2.24) is 10.2 Å². The van der Waals surface area contributed by atoms with Gasteiger partial charge >= 0.3 is 11.9 Å². The number of H-pyrrole nitrogens is 1. The minimum Gasteiger partial charge on any atom is -0.466 e. The van der Waals surface area contributed by atoms with Crippen molar-refractivity contribution in [3.05, 3.63) is 83.0 Å². The van der Waals surface area contributed by atoms with Crippen LogP contribution in [0.5, 0.6) is 0 Å². The maximum absolute atomic E-state index is 13.1. The van der Waals surface area contributed by atoms with Crippen LogP contribution >= 0.6 is 0 Å². The van der Waals surface area contributed by atoms with Gasteiger partial charge in [-0.1, -0.05) is 42.5 Å². The summed E-state index contributed by atoms with van der Waals surface area (Å²) in [5.74, 6) is -2.50. The summed E-state index contributed by atoms with van der Waals surface area (Å²) in [6, 6.07) is 16.2. The minimum absolute atomic E-state index is 0.00324. The smallest absolute Gasteiger partial charge is 0.355 e. The van der Waals surface area contributed by atoms with Gasteiger partial charge in [-0.05, 0) is 11.6 Å². The molecule has 3 aromatic rings. The summed E-state index contributed by atoms with van der Waals surface area (Å²) in [6.07, 6.45) is 1.61. The van der Waals surface area contributed by atoms with E-state index in [0.717, 1.165) is 5.39 Å². The Kier molecular flexibility index (Phi) is 5.35. The number of aromatic amines is 1. The van der Waals surface area contributed by atoms with Crippen molar-refractivity contribution in [2.75, 3.05) is 19.1 Å². The number of esters is 2. The highest BCUT2D eigenvalue weighted by molar-refractivity contribution is 6.08. The largest absolute Gasteiger partial charge is 0.466 e. The van der Waals surface area contributed by atoms with Crippen LogP contribution in [0.4, 0.5) is 5.69 Å². The number of carbonyl (C=O) groups excluding carboxylic acids is 2. The molecule has 0 amide bonds. The van der Waals surface area contributed by atoms with E-state index in [1.54, 1.807) is 48.7 Å². The second-order valence-electron chi connectivity index (χ2n) is 6.95. The predicted molar refractivity (Wildman–Crippen MR) is 116 cm³/mol. The number of benzene rings is 2. The van der Waals surface area contributed by atoms with Gasteiger partial charge in [-0.3, -0.25) is 10.00 Å². The number of hydrogen-bond acceptors (Lipinski definition) is 8. The first kappa shape index (κ1) is 20.7. The van der Waals surface area contributed by atoms with E-state index in [-0.39, 0.29) is 22.7 Å². The third-order valence-corrected chi connectivity index (χ3v) is 5.31. The summed E-state index contributed by atoms with van der Waals surface area (Å²) >= 11 is 0. The number of rotatable bonds is 4. The van der Waals surface area contributed by atoms with Crippen LogP contribution in [0.2, 0.25) is 0 Å². The molecule has 0 radical (unpaired) electrons. The average molecular weight is 429 g/mol. The first-order valence-electron chi connectivity index (χ1n) is 9.61. The number of anilines is 1. The topological polar surface area (TPSA) is 134 Å². The van der Waals surface area contributed by atoms with Crippen LogP contribution in [0.25, 0.3) is 10.9 Å². The number of hydrogen-bond donors (Lipinski definition) is 2. The van der Waals surface area contributed by atoms with E-state index in [1.807, 2.05) is 6.07 Å². The molecule has 1 unspecified atom stereocenters. The summed E-state index contributed by atoms with van der Waals surface area (Å²) in [4.78, 5) is 27.4. The molecule has 0 bridgehead atoms. The van der Waals surface area contributed by atoms with Crippen LogP contribution in [0.3, 0.4) is 0 Å². The third kappa shape index (κ3) is 3.15. The maximum Gasteiger partial charge on any atom is 0.355 e. The van der Waals surface area contributed by atoms with Crippen LogP contribution in [0.1, 0.15) is 11.5 Å². The number of allylic oxidation sites excluding steroid dienone is 1. The van der Waals surface area contributed by atoms with Gasteiger partial charge in [0, 0.05) is 5.39 Å². The Balaban J connectivity index is 2.11. The lowest BCUT2D eigenvalue weighted by atomic mass is 9.81. The third-order valence-electron chi connectivity index (χ3n) is 5.31. The molecule has 1 aromatic heterocycles. The summed E-state index contributed by atoms with van der Waals surface area (Å²) in [5.41, 5.74) is 8.01. The van der Waals surface area contributed by atoms with E-state index in [1.165, 1.54) is 19.1 Å². The molecule has 1 aliphatic heterocycles. The maximum atomic E-state index is 13.1. The highest BCUT2D eigenvalue weighted by Gasteiger charge is 2.43. The normalized spacial score (nSPS) is 16.2. The lowest BCUT2D eigenvalue weighted by Crippen LogP contribution is -2.40. The quantitative estimate of drug-likeness (QED) is 0.604. The molecule has 9 heteroatoms. The van der Waals surface area contributed by atoms with Gasteiger partial charge in [-0.2, -0.15) is 10.4 Å². The molecule has 160 valence electrons. The van der Waals surface area contributed by atoms with Gasteiger partial charge < -0.3 is 15.2 Å². The van der Waals surface area contributed by atoms with Gasteiger partial charge in [0.2, 0.25) is 0 Å². The molecule has 2 aromatic carbocycles. The van der Waals surface area contributed by atoms with Crippen molar-refractivity contribution in [3.8, 4) is 6.07 Å². The number of aromatic nitrogens is 2. The number of fused-ring (bicyclic) bond motifs is 1. The predicted octanol–water partition coefficient (Wildman–Crippen LogP) is 2.46. The molecule has 2 heterocycles. The van der Waals surface area contributed by atoms with E-state index >= 15 is 0 Å². The number of methoxy groups -OCH3 is 2. The molecule has 0 saturated heterocycles. The van der Waals surface area contributed by atoms with Crippen LogP contribution in [0, 0.1) is 11.3 Å². The number of nitrogens with two attached hydrogens (primary N) is 1. The molecule has 4 rings (SSSR count). The number of nitrogens with zero attached hydrogens (tertiary/aromatic N) is 3. The van der Waals surface area contributed by atoms with Crippen molar-refractivity contribution < 1.29 is 19.1 Å². The number of carbonyl (C=O) groups is 2. The molecule has 1 aliphatic rings. The second kappa shape index (κ2) is 8.28. The zero-order valence-electron chi connectivity index (χ0n) is 17.3. The van der Waals surface area contributed by atoms with E-state index in [9.17, 15) is 14.9 Å². The van der Waals surface area contributed by atoms with Crippen LogP contribution in [0.15, 0.2) is 77.4 Å². The zero-order valence-corrected chi connectivity index (χ0v) is 17.3. The van der Waals surface area contributed by atoms with Crippen molar-refractivity contribution >= 4 is 28.5 Å². The summed E-state index contributed by atoms with van der Waals surface area (Å²) < 4.78 is 10.1. The Morgan fingerprint density at radius 2 is 1.81 bits per heavy atom. The lowest BCUT2D eigenvalue weighted by Gasteiger charge is -2.36. The highest BCUT2D eigenvalue weighted by Crippen LogP contribution is 2.44. The molecule has 0 spiro atoms. The van der Waals surface area contributed by atoms with Crippen molar-refractivity contribution in [2.45, 2.75) is 5.92 Å². The van der Waals surface area contributed by atoms with Gasteiger partial charge in [0.05, 0.1) is 54.8 Å². The van der Waals surface area contributed by atoms with E-state index in [2.05, 4.69) is 16.3 Å². The lowest BCUT2D eigenvalue weighted by molar-refractivity contribution is -0.139. The molecule has 0 aliphatic carbocycles. The Morgan fingerprint density at radius 1 is 1.09 bits per heavy atom. The van der Waals surface area contributed by atoms with Crippen molar-refractivity contribution in [1.29, 1.82) is 5.26 Å². The number of para-hydroxylation sites is 1. The fraction of sp³-hybridized carbons (Fsp3) is 0.130. The number of ether oxygens (including phenoxy) is 2. The van der Waals surface area contributed by atoms with E-state index in [4.69, 9.17) is 15.2 Å². The molecular weight excluding hydrogens is 410 g/mol. The molecular formula is C23H19N5O4. The van der Waals surface area contributed by atoms with E-state index in [0.29, 0.717) is 16.8 Å². The summed E-state index contributed by atoms with van der Waals surface area (Å²) in [7, 11) is 2.41. The first-order chi connectivity index (χ1) is 15.5. The average Bonchev–Trinajstić information content (AvgIpc) is 3.32. The SMILES string of the molecule is COC(=O)C1=C(C(=O)OC)N(c2cccc3cn[nH]c23)C(N)=C(C#N)C1c1ccccc1. The van der Waals surface area contributed by atoms with Crippen molar-refractivity contribution in [3.63, 3.8) is 0 Å². The molecule has 0 saturated carbocycles. The summed E-state index contributed by atoms with van der Waals surface area (Å²) in [5, 5.41) is 17.7. The number of nitriles is 1. The van der Waals surface area contributed by atoms with Gasteiger partial charge in [-0.25, -0.2) is 9.59 Å². The zero-order chi connectivity index (χ0) is 22.8. The standard InChI is InChI=1S/C23H19N5O4/c1-31-22(29)18-17(13-7-4-3-5-8-13)15(11-24)21(25)28(20(18)23(30)32-2)16-10-6-9-14-12-26-27-19(14)16/h3-10,12,17H,25H2,1-2H3,(H,26,27). The van der Waals surface area contributed by atoms with Gasteiger partial charge in [0.25, 0.3) is 0 Å². The Bertz CT molecular complexity index is 1320. The molecule has 0 fully saturated rings. The Morgan fingerprint density at radius 3 is 2.47 bits per heavy atom. The van der Waals surface area contributed by atoms with Gasteiger partial charge in [0.15, 0.2) is 0 Å². The Hall–Kier alpha value is -4.58. The van der Waals surface area contributed by atoms with Crippen molar-refractivity contribution in [2.24, 2.45) is 5.73 Å². The fourth-order valence-electron chi connectivity index (χ4n) is 3.90. The molecule has 3 N–H and O–H groups in total. The highest BCUT2D eigenvalue weighted by atomic mass is 16.5. The van der Waals surface area contributed by atoms with Crippen LogP contribution in [-0.4, -0.2) is 36.4 Å². The van der Waals surface area contributed by atoms with Gasteiger partial charge in [0.1, 0.15) is 11.5 Å². The molecule has 32 heavy (non-hydrogen) atoms. The van der Waals surface area contributed by atoms with Gasteiger partial charge in [-0.15, -0.1) is 0 Å². The van der Waals surface area contributed by atoms with Crippen LogP contribution in [-0.2, 0) is 19.1 Å². The Labute approximate surface area is 183 Å². The monoisotopic (exact) mass is 429 g/mol. The summed E-state index contributed by atoms with van der Waals surface area (Å²) in [6.45, 7) is 0.